The van der Waals surface area contributed by atoms with Gasteiger partial charge in [0.2, 0.25) is 5.91 Å². The van der Waals surface area contributed by atoms with Gasteiger partial charge in [-0.15, -0.1) is 0 Å². The van der Waals surface area contributed by atoms with Crippen LogP contribution in [0.2, 0.25) is 0 Å². The highest BCUT2D eigenvalue weighted by Crippen LogP contribution is 2.47. The molecule has 1 aliphatic carbocycles. The minimum absolute atomic E-state index is 0.00822. The molecule has 2 aromatic carbocycles. The van der Waals surface area contributed by atoms with Gasteiger partial charge in [-0.3, -0.25) is 14.5 Å². The highest BCUT2D eigenvalue weighted by Gasteiger charge is 2.45. The third kappa shape index (κ3) is 4.26. The molecular weight excluding hydrogens is 450 g/mol. The van der Waals surface area contributed by atoms with E-state index in [2.05, 4.69) is 0 Å². The van der Waals surface area contributed by atoms with E-state index in [1.165, 1.54) is 0 Å². The Hall–Kier alpha value is -2.67. The maximum Gasteiger partial charge on any atom is 0.241 e. The first-order chi connectivity index (χ1) is 16.0. The number of benzene rings is 2. The highest BCUT2D eigenvalue weighted by atomic mass is 32.2. The lowest BCUT2D eigenvalue weighted by molar-refractivity contribution is -0.121. The lowest BCUT2D eigenvalue weighted by Crippen LogP contribution is -2.33. The van der Waals surface area contributed by atoms with Gasteiger partial charge in [-0.05, 0) is 80.8 Å². The maximum atomic E-state index is 13.5. The van der Waals surface area contributed by atoms with Gasteiger partial charge >= 0.3 is 0 Å². The van der Waals surface area contributed by atoms with Crippen molar-refractivity contribution in [2.75, 3.05) is 16.4 Å². The van der Waals surface area contributed by atoms with Crippen LogP contribution in [0.15, 0.2) is 42.5 Å². The molecule has 1 saturated carbocycles. The van der Waals surface area contributed by atoms with Gasteiger partial charge in [0.1, 0.15) is 15.6 Å². The Morgan fingerprint density at radius 1 is 1.06 bits per heavy atom. The zero-order chi connectivity index (χ0) is 24.3. The SMILES string of the molecule is CC1(CC(=O)c2ccc3c(c2)C(C)(C)C(=O)N3c2cccc(OC3CC3)c2)CCS(=O)(=O)CC1. The molecule has 0 aromatic heterocycles. The van der Waals surface area contributed by atoms with Crippen LogP contribution in [-0.2, 0) is 20.0 Å². The summed E-state index contributed by atoms with van der Waals surface area (Å²) in [6, 6.07) is 13.1. The molecule has 1 saturated heterocycles. The molecule has 0 atom stereocenters. The number of ether oxygens (including phenoxy) is 1. The van der Waals surface area contributed by atoms with Crippen LogP contribution in [0.3, 0.4) is 0 Å². The third-order valence-electron chi connectivity index (χ3n) is 7.49. The molecule has 180 valence electrons. The van der Waals surface area contributed by atoms with E-state index < -0.39 is 15.3 Å². The molecule has 7 heteroatoms. The monoisotopic (exact) mass is 481 g/mol. The van der Waals surface area contributed by atoms with Gasteiger partial charge in [0.05, 0.1) is 34.4 Å². The van der Waals surface area contributed by atoms with Gasteiger partial charge in [0.25, 0.3) is 0 Å². The van der Waals surface area contributed by atoms with E-state index in [1.54, 1.807) is 11.0 Å². The number of amides is 1. The molecule has 1 amide bonds. The molecule has 0 unspecified atom stereocenters. The number of hydrogen-bond acceptors (Lipinski definition) is 5. The fourth-order valence-corrected chi connectivity index (χ4v) is 6.75. The molecule has 0 spiro atoms. The second-order valence-electron chi connectivity index (χ2n) is 10.9. The lowest BCUT2D eigenvalue weighted by Gasteiger charge is -2.32. The number of carbonyl (C=O) groups excluding carboxylic acids is 2. The van der Waals surface area contributed by atoms with Crippen molar-refractivity contribution >= 4 is 32.9 Å². The van der Waals surface area contributed by atoms with Gasteiger partial charge < -0.3 is 4.74 Å². The predicted molar refractivity (Wildman–Crippen MR) is 132 cm³/mol. The Morgan fingerprint density at radius 3 is 2.44 bits per heavy atom. The first-order valence-corrected chi connectivity index (χ1v) is 13.8. The number of rotatable bonds is 6. The van der Waals surface area contributed by atoms with Crippen LogP contribution in [0.5, 0.6) is 5.75 Å². The summed E-state index contributed by atoms with van der Waals surface area (Å²) in [5, 5.41) is 0. The van der Waals surface area contributed by atoms with Crippen molar-refractivity contribution in [3.8, 4) is 5.75 Å². The Kier molecular flexibility index (Phi) is 5.39. The Balaban J connectivity index is 1.42. The van der Waals surface area contributed by atoms with E-state index in [0.717, 1.165) is 35.5 Å². The van der Waals surface area contributed by atoms with Crippen LogP contribution in [0.1, 0.15) is 68.8 Å². The smallest absolute Gasteiger partial charge is 0.241 e. The van der Waals surface area contributed by atoms with Crippen molar-refractivity contribution in [2.45, 2.75) is 64.4 Å². The maximum absolute atomic E-state index is 13.5. The summed E-state index contributed by atoms with van der Waals surface area (Å²) in [4.78, 5) is 28.4. The molecule has 2 fully saturated rings. The second-order valence-corrected chi connectivity index (χ2v) is 13.2. The lowest BCUT2D eigenvalue weighted by atomic mass is 9.78. The summed E-state index contributed by atoms with van der Waals surface area (Å²) in [5.41, 5.74) is 1.84. The largest absolute Gasteiger partial charge is 0.490 e. The van der Waals surface area contributed by atoms with E-state index in [4.69, 9.17) is 4.74 Å². The second kappa shape index (κ2) is 7.94. The molecular formula is C27H31NO5S. The molecule has 3 aliphatic rings. The van der Waals surface area contributed by atoms with Crippen LogP contribution in [-0.4, -0.2) is 37.7 Å². The normalized spacial score (nSPS) is 22.3. The van der Waals surface area contributed by atoms with Crippen LogP contribution < -0.4 is 9.64 Å². The van der Waals surface area contributed by atoms with Crippen molar-refractivity contribution in [1.29, 1.82) is 0 Å². The molecule has 5 rings (SSSR count). The van der Waals surface area contributed by atoms with Gasteiger partial charge in [-0.1, -0.05) is 13.0 Å². The van der Waals surface area contributed by atoms with Crippen LogP contribution in [0.4, 0.5) is 11.4 Å². The molecule has 0 bridgehead atoms. The van der Waals surface area contributed by atoms with E-state index >= 15 is 0 Å². The number of Topliss-reactive ketones (excluding diaryl/α,β-unsaturated/α-hetero) is 1. The zero-order valence-corrected chi connectivity index (χ0v) is 20.8. The molecule has 0 N–H and O–H groups in total. The van der Waals surface area contributed by atoms with Gasteiger partial charge in [-0.25, -0.2) is 8.42 Å². The third-order valence-corrected chi connectivity index (χ3v) is 9.15. The van der Waals surface area contributed by atoms with Gasteiger partial charge in [-0.2, -0.15) is 0 Å². The summed E-state index contributed by atoms with van der Waals surface area (Å²) in [5.74, 6) is 0.988. The quantitative estimate of drug-likeness (QED) is 0.544. The van der Waals surface area contributed by atoms with E-state index in [9.17, 15) is 18.0 Å². The van der Waals surface area contributed by atoms with Gasteiger partial charge in [0.15, 0.2) is 5.78 Å². The van der Waals surface area contributed by atoms with Gasteiger partial charge in [0, 0.05) is 18.1 Å². The summed E-state index contributed by atoms with van der Waals surface area (Å²) in [7, 11) is -2.99. The summed E-state index contributed by atoms with van der Waals surface area (Å²) < 4.78 is 29.6. The van der Waals surface area contributed by atoms with Crippen LogP contribution in [0.25, 0.3) is 0 Å². The Morgan fingerprint density at radius 2 is 1.76 bits per heavy atom. The Labute approximate surface area is 201 Å². The standard InChI is InChI=1S/C27H31NO5S/c1-26(2)22-15-18(24(29)17-27(3)11-13-34(31,32)14-12-27)7-10-23(22)28(25(26)30)19-5-4-6-21(16-19)33-20-8-9-20/h4-7,10,15-16,20H,8-9,11-14,17H2,1-3H3. The van der Waals surface area contributed by atoms with Crippen molar-refractivity contribution in [1.82, 2.24) is 0 Å². The number of anilines is 2. The zero-order valence-electron chi connectivity index (χ0n) is 20.0. The average molecular weight is 482 g/mol. The van der Waals surface area contributed by atoms with Crippen molar-refractivity contribution in [2.24, 2.45) is 5.41 Å². The minimum atomic E-state index is -2.99. The fraction of sp³-hybridized carbons (Fsp3) is 0.481. The number of sulfone groups is 1. The number of fused-ring (bicyclic) bond motifs is 1. The number of nitrogens with zero attached hydrogens (tertiary/aromatic N) is 1. The topological polar surface area (TPSA) is 80.8 Å². The average Bonchev–Trinajstić information content (AvgIpc) is 3.57. The fourth-order valence-electron chi connectivity index (χ4n) is 4.94. The molecule has 34 heavy (non-hydrogen) atoms. The van der Waals surface area contributed by atoms with Crippen LogP contribution >= 0.6 is 0 Å². The number of carbonyl (C=O) groups is 2. The molecule has 2 aromatic rings. The first kappa shape index (κ1) is 23.1. The molecule has 2 aliphatic heterocycles. The summed E-state index contributed by atoms with van der Waals surface area (Å²) in [6.07, 6.45) is 3.71. The van der Waals surface area contributed by atoms with E-state index in [-0.39, 0.29) is 34.7 Å². The summed E-state index contributed by atoms with van der Waals surface area (Å²) >= 11 is 0. The number of hydrogen-bond donors (Lipinski definition) is 0. The Bertz CT molecular complexity index is 1260. The molecule has 2 heterocycles. The van der Waals surface area contributed by atoms with Crippen LogP contribution in [0, 0.1) is 5.41 Å². The first-order valence-electron chi connectivity index (χ1n) is 12.0. The predicted octanol–water partition coefficient (Wildman–Crippen LogP) is 4.97. The molecule has 0 radical (unpaired) electrons. The van der Waals surface area contributed by atoms with Crippen molar-refractivity contribution in [3.05, 3.63) is 53.6 Å². The highest BCUT2D eigenvalue weighted by molar-refractivity contribution is 7.91. The summed E-state index contributed by atoms with van der Waals surface area (Å²) in [6.45, 7) is 5.78. The van der Waals surface area contributed by atoms with Crippen molar-refractivity contribution in [3.63, 3.8) is 0 Å². The minimum Gasteiger partial charge on any atom is -0.490 e. The molecule has 6 nitrogen and oxygen atoms in total. The van der Waals surface area contributed by atoms with E-state index in [0.29, 0.717) is 24.8 Å². The van der Waals surface area contributed by atoms with E-state index in [1.807, 2.05) is 57.2 Å². The van der Waals surface area contributed by atoms with Crippen molar-refractivity contribution < 1.29 is 22.7 Å². The number of ketones is 1.